The number of aliphatic hydroxyl groups excluding tert-OH is 2. The van der Waals surface area contributed by atoms with Crippen LogP contribution in [0, 0.1) is 0 Å². The molecule has 2 aliphatic heterocycles. The van der Waals surface area contributed by atoms with Gasteiger partial charge in [-0.05, 0) is 13.8 Å². The van der Waals surface area contributed by atoms with Gasteiger partial charge in [0.05, 0.1) is 10.7 Å². The van der Waals surface area contributed by atoms with Gasteiger partial charge in [-0.3, -0.25) is 9.80 Å². The molecule has 0 spiro atoms. The molecule has 8 heteroatoms. The molecular weight excluding hydrogens is 296 g/mol. The second kappa shape index (κ2) is 8.19. The number of rotatable bonds is 5. The number of hydrogen-bond donors (Lipinski definition) is 4. The molecule has 0 amide bonds. The Bertz CT molecular complexity index is 269. The first-order valence-corrected chi connectivity index (χ1v) is 9.48. The molecule has 2 aliphatic rings. The van der Waals surface area contributed by atoms with Crippen LogP contribution in [0.4, 0.5) is 0 Å². The van der Waals surface area contributed by atoms with Gasteiger partial charge in [-0.1, -0.05) is 21.6 Å². The Morgan fingerprint density at radius 3 is 1.65 bits per heavy atom. The van der Waals surface area contributed by atoms with E-state index in [1.807, 2.05) is 13.8 Å². The SMILES string of the molecule is CC(O)N1CCNCC1SSC1CNCCN1C(C)O. The minimum atomic E-state index is -0.410. The van der Waals surface area contributed by atoms with E-state index in [-0.39, 0.29) is 10.7 Å². The Kier molecular flexibility index (Phi) is 6.89. The van der Waals surface area contributed by atoms with Crippen LogP contribution >= 0.6 is 21.6 Å². The van der Waals surface area contributed by atoms with E-state index in [2.05, 4.69) is 20.4 Å². The normalized spacial score (nSPS) is 33.0. The van der Waals surface area contributed by atoms with Crippen molar-refractivity contribution < 1.29 is 10.2 Å². The van der Waals surface area contributed by atoms with Gasteiger partial charge in [0.2, 0.25) is 0 Å². The fourth-order valence-corrected chi connectivity index (χ4v) is 5.81. The van der Waals surface area contributed by atoms with Gasteiger partial charge in [0.25, 0.3) is 0 Å². The molecule has 2 saturated heterocycles. The van der Waals surface area contributed by atoms with Gasteiger partial charge in [-0.15, -0.1) is 0 Å². The van der Waals surface area contributed by atoms with Crippen molar-refractivity contribution in [1.82, 2.24) is 20.4 Å². The molecule has 4 unspecified atom stereocenters. The molecule has 2 heterocycles. The maximum absolute atomic E-state index is 9.84. The van der Waals surface area contributed by atoms with Crippen molar-refractivity contribution in [1.29, 1.82) is 0 Å². The summed E-state index contributed by atoms with van der Waals surface area (Å²) >= 11 is 0. The summed E-state index contributed by atoms with van der Waals surface area (Å²) in [6.07, 6.45) is -0.819. The third-order valence-electron chi connectivity index (χ3n) is 3.71. The minimum absolute atomic E-state index is 0.270. The summed E-state index contributed by atoms with van der Waals surface area (Å²) in [6.45, 7) is 9.03. The van der Waals surface area contributed by atoms with Crippen LogP contribution in [0.5, 0.6) is 0 Å². The van der Waals surface area contributed by atoms with Crippen molar-refractivity contribution in [2.24, 2.45) is 0 Å². The highest BCUT2D eigenvalue weighted by Crippen LogP contribution is 2.36. The lowest BCUT2D eigenvalue weighted by atomic mass is 10.3. The number of hydrogen-bond acceptors (Lipinski definition) is 8. The number of nitrogens with zero attached hydrogens (tertiary/aromatic N) is 2. The molecule has 0 aromatic rings. The van der Waals surface area contributed by atoms with Crippen LogP contribution in [-0.4, -0.2) is 82.5 Å². The molecule has 0 aromatic carbocycles. The molecule has 0 radical (unpaired) electrons. The molecule has 0 aromatic heterocycles. The molecule has 118 valence electrons. The summed E-state index contributed by atoms with van der Waals surface area (Å²) in [7, 11) is 3.58. The van der Waals surface area contributed by atoms with Crippen molar-refractivity contribution in [2.45, 2.75) is 37.1 Å². The maximum Gasteiger partial charge on any atom is 0.105 e. The lowest BCUT2D eigenvalue weighted by Gasteiger charge is -2.40. The van der Waals surface area contributed by atoms with Crippen LogP contribution in [0.3, 0.4) is 0 Å². The molecule has 2 rings (SSSR count). The van der Waals surface area contributed by atoms with Crippen LogP contribution in [0.15, 0.2) is 0 Å². The van der Waals surface area contributed by atoms with E-state index in [1.165, 1.54) is 0 Å². The van der Waals surface area contributed by atoms with E-state index >= 15 is 0 Å². The lowest BCUT2D eigenvalue weighted by Crippen LogP contribution is -2.54. The largest absolute Gasteiger partial charge is 0.379 e. The lowest BCUT2D eigenvalue weighted by molar-refractivity contribution is 0.000772. The van der Waals surface area contributed by atoms with E-state index < -0.39 is 12.5 Å². The highest BCUT2D eigenvalue weighted by Gasteiger charge is 2.30. The zero-order chi connectivity index (χ0) is 14.5. The standard InChI is InChI=1S/C12H26N4O2S2/c1-9(17)15-5-3-13-7-11(15)19-20-12-8-14-4-6-16(12)10(2)18/h9-14,17-18H,3-8H2,1-2H3. The van der Waals surface area contributed by atoms with Crippen molar-refractivity contribution >= 4 is 21.6 Å². The molecule has 6 nitrogen and oxygen atoms in total. The fraction of sp³-hybridized carbons (Fsp3) is 1.00. The summed E-state index contributed by atoms with van der Waals surface area (Å²) < 4.78 is 0. The first-order valence-electron chi connectivity index (χ1n) is 7.21. The van der Waals surface area contributed by atoms with Crippen molar-refractivity contribution in [2.75, 3.05) is 39.3 Å². The highest BCUT2D eigenvalue weighted by molar-refractivity contribution is 8.77. The molecule has 0 saturated carbocycles. The van der Waals surface area contributed by atoms with Gasteiger partial charge in [0, 0.05) is 39.3 Å². The number of piperazine rings is 2. The van der Waals surface area contributed by atoms with Crippen molar-refractivity contribution in [3.63, 3.8) is 0 Å². The Morgan fingerprint density at radius 2 is 1.30 bits per heavy atom. The number of nitrogens with one attached hydrogen (secondary N) is 2. The molecule has 4 atom stereocenters. The summed E-state index contributed by atoms with van der Waals surface area (Å²) in [5.74, 6) is 0. The Morgan fingerprint density at radius 1 is 0.900 bits per heavy atom. The van der Waals surface area contributed by atoms with Crippen LogP contribution in [0.2, 0.25) is 0 Å². The van der Waals surface area contributed by atoms with Gasteiger partial charge < -0.3 is 20.8 Å². The van der Waals surface area contributed by atoms with Crippen LogP contribution in [-0.2, 0) is 0 Å². The minimum Gasteiger partial charge on any atom is -0.379 e. The smallest absolute Gasteiger partial charge is 0.105 e. The molecule has 2 fully saturated rings. The average molecular weight is 323 g/mol. The van der Waals surface area contributed by atoms with Crippen molar-refractivity contribution in [3.05, 3.63) is 0 Å². The average Bonchev–Trinajstić information content (AvgIpc) is 2.45. The Balaban J connectivity index is 1.85. The van der Waals surface area contributed by atoms with Crippen LogP contribution < -0.4 is 10.6 Å². The van der Waals surface area contributed by atoms with E-state index in [0.29, 0.717) is 0 Å². The van der Waals surface area contributed by atoms with E-state index in [9.17, 15) is 10.2 Å². The summed E-state index contributed by atoms with van der Waals surface area (Å²) in [6, 6.07) is 0. The molecule has 20 heavy (non-hydrogen) atoms. The Labute approximate surface area is 129 Å². The third-order valence-corrected chi connectivity index (χ3v) is 6.81. The highest BCUT2D eigenvalue weighted by atomic mass is 33.1. The van der Waals surface area contributed by atoms with E-state index in [4.69, 9.17) is 0 Å². The van der Waals surface area contributed by atoms with Crippen LogP contribution in [0.1, 0.15) is 13.8 Å². The second-order valence-corrected chi connectivity index (χ2v) is 7.88. The fourth-order valence-electron chi connectivity index (χ4n) is 2.55. The Hall–Kier alpha value is 0.460. The van der Waals surface area contributed by atoms with E-state index in [0.717, 1.165) is 39.3 Å². The summed E-state index contributed by atoms with van der Waals surface area (Å²) in [5, 5.41) is 27.0. The van der Waals surface area contributed by atoms with Gasteiger partial charge in [0.15, 0.2) is 0 Å². The molecule has 0 aliphatic carbocycles. The van der Waals surface area contributed by atoms with Crippen molar-refractivity contribution in [3.8, 4) is 0 Å². The maximum atomic E-state index is 9.84. The monoisotopic (exact) mass is 322 g/mol. The van der Waals surface area contributed by atoms with E-state index in [1.54, 1.807) is 21.6 Å². The van der Waals surface area contributed by atoms with Gasteiger partial charge in [-0.2, -0.15) is 0 Å². The predicted molar refractivity (Wildman–Crippen MR) is 85.3 cm³/mol. The van der Waals surface area contributed by atoms with Gasteiger partial charge in [-0.25, -0.2) is 0 Å². The first kappa shape index (κ1) is 16.8. The summed E-state index contributed by atoms with van der Waals surface area (Å²) in [5.41, 5.74) is 0. The second-order valence-electron chi connectivity index (χ2n) is 5.25. The van der Waals surface area contributed by atoms with Gasteiger partial charge in [0.1, 0.15) is 12.5 Å². The van der Waals surface area contributed by atoms with Gasteiger partial charge >= 0.3 is 0 Å². The molecule has 4 N–H and O–H groups in total. The number of aliphatic hydroxyl groups is 2. The first-order chi connectivity index (χ1) is 9.59. The quantitative estimate of drug-likeness (QED) is 0.506. The molecular formula is C12H26N4O2S2. The predicted octanol–water partition coefficient (Wildman–Crippen LogP) is -0.493. The molecule has 0 bridgehead atoms. The zero-order valence-corrected chi connectivity index (χ0v) is 13.8. The third kappa shape index (κ3) is 4.48. The van der Waals surface area contributed by atoms with Crippen LogP contribution in [0.25, 0.3) is 0 Å². The zero-order valence-electron chi connectivity index (χ0n) is 12.2. The summed E-state index contributed by atoms with van der Waals surface area (Å²) in [4.78, 5) is 4.24. The topological polar surface area (TPSA) is 71.0 Å².